The molecule has 192 valence electrons. The molecule has 0 spiro atoms. The van der Waals surface area contributed by atoms with Gasteiger partial charge >= 0.3 is 0 Å². The molecule has 1 aliphatic carbocycles. The Morgan fingerprint density at radius 2 is 1.67 bits per heavy atom. The summed E-state index contributed by atoms with van der Waals surface area (Å²) in [5.74, 6) is -0.722. The fourth-order valence-electron chi connectivity index (χ4n) is 4.33. The van der Waals surface area contributed by atoms with Crippen molar-refractivity contribution in [2.24, 2.45) is 0 Å². The molecule has 1 atom stereocenters. The largest absolute Gasteiger partial charge is 0.454 e. The van der Waals surface area contributed by atoms with Gasteiger partial charge in [0.1, 0.15) is 11.5 Å². The average molecular weight is 514 g/mol. The molecule has 2 aromatic carbocycles. The maximum Gasteiger partial charge on any atom is 0.239 e. The highest BCUT2D eigenvalue weighted by Crippen LogP contribution is 2.34. The van der Waals surface area contributed by atoms with E-state index < -0.39 is 22.6 Å². The normalized spacial score (nSPS) is 15.7. The van der Waals surface area contributed by atoms with Crippen LogP contribution >= 0.6 is 0 Å². The molecule has 0 saturated heterocycles. The van der Waals surface area contributed by atoms with Gasteiger partial charge in [0.25, 0.3) is 0 Å². The van der Waals surface area contributed by atoms with Gasteiger partial charge in [-0.1, -0.05) is 49.6 Å². The van der Waals surface area contributed by atoms with Crippen molar-refractivity contribution in [2.45, 2.75) is 44.7 Å². The second-order valence-corrected chi connectivity index (χ2v) is 10.4. The van der Waals surface area contributed by atoms with Crippen LogP contribution in [-0.2, 0) is 31.7 Å². The maximum atomic E-state index is 13.0. The molecule has 2 aromatic rings. The van der Waals surface area contributed by atoms with Crippen LogP contribution < -0.4 is 20.1 Å². The number of carbonyl (C=O) groups is 3. The minimum Gasteiger partial charge on any atom is -0.454 e. The van der Waals surface area contributed by atoms with Gasteiger partial charge in [-0.3, -0.25) is 18.6 Å². The number of hydrogen-bond acceptors (Lipinski definition) is 6. The van der Waals surface area contributed by atoms with Crippen molar-refractivity contribution in [1.29, 1.82) is 0 Å². The minimum absolute atomic E-state index is 0.120. The van der Waals surface area contributed by atoms with Crippen LogP contribution in [-0.4, -0.2) is 57.7 Å². The lowest BCUT2D eigenvalue weighted by Crippen LogP contribution is -2.45. The molecule has 0 bridgehead atoms. The summed E-state index contributed by atoms with van der Waals surface area (Å²) in [6.45, 7) is 0.222. The molecule has 9 nitrogen and oxygen atoms in total. The SMILES string of the molecule is O=C(C[S@@](=O)CC(=O)N(CC(=O)NC1CCCCC1)Cc1ccccc1)Nc1ccc2c(c1)OCO2. The molecule has 2 N–H and O–H groups in total. The Balaban J connectivity index is 1.32. The van der Waals surface area contributed by atoms with Crippen molar-refractivity contribution in [1.82, 2.24) is 10.2 Å². The number of ether oxygens (including phenoxy) is 2. The summed E-state index contributed by atoms with van der Waals surface area (Å²) in [5.41, 5.74) is 1.35. The predicted octanol–water partition coefficient (Wildman–Crippen LogP) is 2.58. The zero-order chi connectivity index (χ0) is 25.3. The van der Waals surface area contributed by atoms with Crippen molar-refractivity contribution in [2.75, 3.05) is 30.2 Å². The first kappa shape index (κ1) is 25.7. The minimum atomic E-state index is -1.74. The van der Waals surface area contributed by atoms with Gasteiger partial charge in [0.05, 0.1) is 6.54 Å². The van der Waals surface area contributed by atoms with Crippen LogP contribution in [0.4, 0.5) is 5.69 Å². The summed E-state index contributed by atoms with van der Waals surface area (Å²) in [6, 6.07) is 14.4. The molecule has 1 aliphatic heterocycles. The Morgan fingerprint density at radius 1 is 0.917 bits per heavy atom. The molecule has 3 amide bonds. The number of rotatable bonds is 10. The second-order valence-electron chi connectivity index (χ2n) is 8.98. The molecule has 0 radical (unpaired) electrons. The van der Waals surface area contributed by atoms with Crippen molar-refractivity contribution in [3.63, 3.8) is 0 Å². The van der Waals surface area contributed by atoms with E-state index in [0.29, 0.717) is 17.2 Å². The summed E-state index contributed by atoms with van der Waals surface area (Å²) < 4.78 is 23.2. The van der Waals surface area contributed by atoms with E-state index in [1.807, 2.05) is 30.3 Å². The first-order chi connectivity index (χ1) is 17.5. The standard InChI is InChI=1S/C26H31N3O6S/c30-24(27-20-9-5-2-6-10-20)15-29(14-19-7-3-1-4-8-19)26(32)17-36(33)16-25(31)28-21-11-12-22-23(13-21)35-18-34-22/h1,3-4,7-8,11-13,20H,2,5-6,9-10,14-18H2,(H,27,30)(H,28,31)/t36-/m1/s1. The second kappa shape index (κ2) is 12.5. The summed E-state index contributed by atoms with van der Waals surface area (Å²) in [7, 11) is -1.74. The average Bonchev–Trinajstić information content (AvgIpc) is 3.32. The fourth-order valence-corrected chi connectivity index (χ4v) is 5.25. The van der Waals surface area contributed by atoms with Crippen LogP contribution in [0.2, 0.25) is 0 Å². The van der Waals surface area contributed by atoms with E-state index in [1.165, 1.54) is 11.3 Å². The molecule has 1 fully saturated rings. The molecular formula is C26H31N3O6S. The maximum absolute atomic E-state index is 13.0. The molecule has 1 saturated carbocycles. The third kappa shape index (κ3) is 7.55. The number of amides is 3. The highest BCUT2D eigenvalue weighted by Gasteiger charge is 2.23. The lowest BCUT2D eigenvalue weighted by Gasteiger charge is -2.26. The Bertz CT molecular complexity index is 1100. The topological polar surface area (TPSA) is 114 Å². The van der Waals surface area contributed by atoms with Crippen molar-refractivity contribution < 1.29 is 28.1 Å². The van der Waals surface area contributed by atoms with Crippen LogP contribution in [0.3, 0.4) is 0 Å². The first-order valence-corrected chi connectivity index (χ1v) is 13.6. The van der Waals surface area contributed by atoms with Gasteiger partial charge in [0.15, 0.2) is 11.5 Å². The van der Waals surface area contributed by atoms with Gasteiger partial charge in [0, 0.05) is 35.1 Å². The lowest BCUT2D eigenvalue weighted by molar-refractivity contribution is -0.135. The molecule has 0 unspecified atom stereocenters. The summed E-state index contributed by atoms with van der Waals surface area (Å²) in [6.07, 6.45) is 5.25. The third-order valence-electron chi connectivity index (χ3n) is 6.11. The Morgan fingerprint density at radius 3 is 2.44 bits per heavy atom. The number of nitrogens with one attached hydrogen (secondary N) is 2. The Kier molecular flexibility index (Phi) is 8.94. The summed E-state index contributed by atoms with van der Waals surface area (Å²) >= 11 is 0. The summed E-state index contributed by atoms with van der Waals surface area (Å²) in [4.78, 5) is 39.5. The zero-order valence-corrected chi connectivity index (χ0v) is 20.9. The van der Waals surface area contributed by atoms with Crippen molar-refractivity contribution in [3.8, 4) is 11.5 Å². The molecule has 1 heterocycles. The van der Waals surface area contributed by atoms with Gasteiger partial charge < -0.3 is 25.0 Å². The van der Waals surface area contributed by atoms with E-state index in [0.717, 1.165) is 31.2 Å². The van der Waals surface area contributed by atoms with Gasteiger partial charge in [-0.15, -0.1) is 0 Å². The number of carbonyl (C=O) groups excluding carboxylic acids is 3. The number of fused-ring (bicyclic) bond motifs is 1. The highest BCUT2D eigenvalue weighted by atomic mass is 32.2. The van der Waals surface area contributed by atoms with Gasteiger partial charge in [-0.25, -0.2) is 0 Å². The van der Waals surface area contributed by atoms with Gasteiger partial charge in [-0.05, 0) is 30.5 Å². The Labute approximate surface area is 213 Å². The van der Waals surface area contributed by atoms with Crippen LogP contribution in [0.15, 0.2) is 48.5 Å². The van der Waals surface area contributed by atoms with Crippen LogP contribution in [0.1, 0.15) is 37.7 Å². The van der Waals surface area contributed by atoms with E-state index in [-0.39, 0.29) is 43.3 Å². The molecule has 0 aromatic heterocycles. The van der Waals surface area contributed by atoms with Gasteiger partial charge in [-0.2, -0.15) is 0 Å². The van der Waals surface area contributed by atoms with E-state index in [9.17, 15) is 18.6 Å². The zero-order valence-electron chi connectivity index (χ0n) is 20.1. The number of anilines is 1. The lowest BCUT2D eigenvalue weighted by atomic mass is 9.95. The first-order valence-electron chi connectivity index (χ1n) is 12.1. The highest BCUT2D eigenvalue weighted by molar-refractivity contribution is 7.86. The molecular weight excluding hydrogens is 482 g/mol. The van der Waals surface area contributed by atoms with Crippen molar-refractivity contribution >= 4 is 34.2 Å². The quantitative estimate of drug-likeness (QED) is 0.505. The van der Waals surface area contributed by atoms with E-state index in [4.69, 9.17) is 9.47 Å². The van der Waals surface area contributed by atoms with Crippen LogP contribution in [0.5, 0.6) is 11.5 Å². The van der Waals surface area contributed by atoms with E-state index in [2.05, 4.69) is 10.6 Å². The monoisotopic (exact) mass is 513 g/mol. The van der Waals surface area contributed by atoms with Gasteiger partial charge in [0.2, 0.25) is 24.5 Å². The molecule has 10 heteroatoms. The van der Waals surface area contributed by atoms with E-state index in [1.54, 1.807) is 18.2 Å². The van der Waals surface area contributed by atoms with Crippen LogP contribution in [0, 0.1) is 0 Å². The third-order valence-corrected chi connectivity index (χ3v) is 7.26. The number of hydrogen-bond donors (Lipinski definition) is 2. The molecule has 36 heavy (non-hydrogen) atoms. The molecule has 4 rings (SSSR count). The fraction of sp³-hybridized carbons (Fsp3) is 0.423. The van der Waals surface area contributed by atoms with Crippen LogP contribution in [0.25, 0.3) is 0 Å². The van der Waals surface area contributed by atoms with E-state index >= 15 is 0 Å². The molecule has 2 aliphatic rings. The predicted molar refractivity (Wildman–Crippen MR) is 136 cm³/mol. The number of benzene rings is 2. The summed E-state index contributed by atoms with van der Waals surface area (Å²) in [5, 5.41) is 5.69. The Hall–Kier alpha value is -3.40. The van der Waals surface area contributed by atoms with Crippen molar-refractivity contribution in [3.05, 3.63) is 54.1 Å². The smallest absolute Gasteiger partial charge is 0.239 e. The number of nitrogens with zero attached hydrogens (tertiary/aromatic N) is 1.